The maximum atomic E-state index is 11.5. The molecule has 0 fully saturated rings. The summed E-state index contributed by atoms with van der Waals surface area (Å²) >= 11 is 1.74. The summed E-state index contributed by atoms with van der Waals surface area (Å²) in [6, 6.07) is 16.1. The highest BCUT2D eigenvalue weighted by molar-refractivity contribution is 7.13. The molecule has 2 aromatic carbocycles. The largest absolute Gasteiger partial charge is 0.481 e. The Labute approximate surface area is 269 Å². The predicted octanol–water partition coefficient (Wildman–Crippen LogP) is 9.16. The SMILES string of the molecule is CCN1/C(=C/C=C/C=C/C2=[N+](CCCCCC(=O)O)c3ccc(-c4cccs4)cc3C2(C)C)C(C)(C)c2cc([N+](=O)[O-])ccc21. The normalized spacial score (nSPS) is 17.5. The van der Waals surface area contributed by atoms with E-state index in [0.29, 0.717) is 6.42 Å². The average Bonchev–Trinajstić information content (AvgIpc) is 3.66. The molecule has 0 unspecified atom stereocenters. The standard InChI is InChI=1S/C37H41N3O4S/c1-6-38-30-21-19-27(40(43)44)25-29(30)37(4,5)33(38)15-9-7-10-16-34-36(2,3)28-24-26(32-14-13-23-45-32)18-20-31(28)39(34)22-12-8-11-17-35(41)42/h7,9-10,13-16,18-21,23-25H,6,8,11-12,17,22H2,1-5H3/p+1. The minimum atomic E-state index is -0.742. The second-order valence-electron chi connectivity index (χ2n) is 12.7. The number of benzene rings is 2. The molecule has 0 saturated carbocycles. The Morgan fingerprint density at radius 1 is 1.00 bits per heavy atom. The second kappa shape index (κ2) is 13.0. The molecule has 7 nitrogen and oxygen atoms in total. The van der Waals surface area contributed by atoms with Gasteiger partial charge in [0.2, 0.25) is 5.69 Å². The number of carboxylic acids is 1. The number of anilines is 1. The van der Waals surface area contributed by atoms with Crippen LogP contribution in [-0.2, 0) is 15.6 Å². The fraction of sp³-hybridized carbons (Fsp3) is 0.351. The third-order valence-electron chi connectivity index (χ3n) is 9.10. The molecule has 5 rings (SSSR count). The van der Waals surface area contributed by atoms with Gasteiger partial charge in [0.15, 0.2) is 5.71 Å². The molecule has 0 atom stereocenters. The molecule has 1 aromatic heterocycles. The molecule has 0 aliphatic carbocycles. The maximum Gasteiger partial charge on any atom is 0.303 e. The summed E-state index contributed by atoms with van der Waals surface area (Å²) in [5.41, 5.74) is 7.57. The smallest absolute Gasteiger partial charge is 0.303 e. The zero-order chi connectivity index (χ0) is 32.4. The van der Waals surface area contributed by atoms with Crippen LogP contribution in [0, 0.1) is 10.1 Å². The van der Waals surface area contributed by atoms with Gasteiger partial charge in [-0.05, 0) is 80.5 Å². The first-order chi connectivity index (χ1) is 21.5. The molecular weight excluding hydrogens is 582 g/mol. The zero-order valence-corrected chi connectivity index (χ0v) is 27.6. The van der Waals surface area contributed by atoms with Crippen LogP contribution in [0.2, 0.25) is 0 Å². The van der Waals surface area contributed by atoms with Crippen molar-refractivity contribution in [1.82, 2.24) is 0 Å². The van der Waals surface area contributed by atoms with Crippen LogP contribution in [0.5, 0.6) is 0 Å². The van der Waals surface area contributed by atoms with Crippen LogP contribution in [0.1, 0.15) is 71.4 Å². The molecule has 0 radical (unpaired) electrons. The van der Waals surface area contributed by atoms with Crippen LogP contribution < -0.4 is 4.90 Å². The van der Waals surface area contributed by atoms with Crippen LogP contribution in [-0.4, -0.2) is 39.4 Å². The molecular formula is C37H42N3O4S+. The third kappa shape index (κ3) is 6.29. The van der Waals surface area contributed by atoms with E-state index in [2.05, 4.69) is 110 Å². The lowest BCUT2D eigenvalue weighted by molar-refractivity contribution is -0.438. The molecule has 45 heavy (non-hydrogen) atoms. The fourth-order valence-corrected chi connectivity index (χ4v) is 7.43. The van der Waals surface area contributed by atoms with Gasteiger partial charge < -0.3 is 10.0 Å². The topological polar surface area (TPSA) is 86.7 Å². The summed E-state index contributed by atoms with van der Waals surface area (Å²) in [6.07, 6.45) is 13.2. The van der Waals surface area contributed by atoms with Gasteiger partial charge in [-0.1, -0.05) is 38.1 Å². The summed E-state index contributed by atoms with van der Waals surface area (Å²) in [6.45, 7) is 12.5. The van der Waals surface area contributed by atoms with Crippen LogP contribution in [0.3, 0.4) is 0 Å². The highest BCUT2D eigenvalue weighted by Crippen LogP contribution is 2.49. The van der Waals surface area contributed by atoms with Gasteiger partial charge in [0.1, 0.15) is 6.54 Å². The van der Waals surface area contributed by atoms with Crippen molar-refractivity contribution in [3.8, 4) is 10.4 Å². The number of carboxylic acid groups (broad SMARTS) is 1. The molecule has 1 N–H and O–H groups in total. The van der Waals surface area contributed by atoms with Crippen LogP contribution in [0.4, 0.5) is 17.1 Å². The van der Waals surface area contributed by atoms with E-state index >= 15 is 0 Å². The molecule has 234 valence electrons. The Morgan fingerprint density at radius 3 is 2.49 bits per heavy atom. The first-order valence-electron chi connectivity index (χ1n) is 15.6. The lowest BCUT2D eigenvalue weighted by atomic mass is 9.80. The van der Waals surface area contributed by atoms with Gasteiger partial charge in [0.25, 0.3) is 5.69 Å². The number of hydrogen-bond donors (Lipinski definition) is 1. The zero-order valence-electron chi connectivity index (χ0n) is 26.7. The summed E-state index contributed by atoms with van der Waals surface area (Å²) in [7, 11) is 0. The molecule has 0 amide bonds. The summed E-state index contributed by atoms with van der Waals surface area (Å²) in [5, 5.41) is 22.6. The number of fused-ring (bicyclic) bond motifs is 2. The Kier molecular flexibility index (Phi) is 9.26. The van der Waals surface area contributed by atoms with Crippen LogP contribution in [0.25, 0.3) is 10.4 Å². The number of unbranched alkanes of at least 4 members (excludes halogenated alkanes) is 2. The number of nitro benzene ring substituents is 1. The van der Waals surface area contributed by atoms with Crippen molar-refractivity contribution in [2.45, 2.75) is 71.1 Å². The van der Waals surface area contributed by atoms with Crippen molar-refractivity contribution in [1.29, 1.82) is 0 Å². The first-order valence-corrected chi connectivity index (χ1v) is 16.5. The van der Waals surface area contributed by atoms with Gasteiger partial charge >= 0.3 is 5.97 Å². The quantitative estimate of drug-likeness (QED) is 0.0714. The number of non-ortho nitro benzene ring substituents is 1. The Balaban J connectivity index is 1.42. The van der Waals surface area contributed by atoms with Gasteiger partial charge in [-0.25, -0.2) is 0 Å². The van der Waals surface area contributed by atoms with E-state index in [4.69, 9.17) is 5.11 Å². The van der Waals surface area contributed by atoms with Gasteiger partial charge in [-0.3, -0.25) is 14.9 Å². The minimum absolute atomic E-state index is 0.115. The molecule has 8 heteroatoms. The van der Waals surface area contributed by atoms with E-state index in [1.807, 2.05) is 6.07 Å². The predicted molar refractivity (Wildman–Crippen MR) is 184 cm³/mol. The van der Waals surface area contributed by atoms with E-state index in [-0.39, 0.29) is 27.9 Å². The Morgan fingerprint density at radius 2 is 1.80 bits per heavy atom. The van der Waals surface area contributed by atoms with Crippen molar-refractivity contribution >= 4 is 40.1 Å². The number of rotatable bonds is 12. The Bertz CT molecular complexity index is 1730. The first kappa shape index (κ1) is 32.1. The van der Waals surface area contributed by atoms with Gasteiger partial charge in [0.05, 0.1) is 10.3 Å². The molecule has 0 spiro atoms. The lowest BCUT2D eigenvalue weighted by Gasteiger charge is -2.25. The van der Waals surface area contributed by atoms with E-state index in [9.17, 15) is 14.9 Å². The number of likely N-dealkylation sites (N-methyl/N-ethyl adjacent to an activating group) is 1. The summed E-state index contributed by atoms with van der Waals surface area (Å²) in [4.78, 5) is 25.6. The minimum Gasteiger partial charge on any atom is -0.481 e. The van der Waals surface area contributed by atoms with Gasteiger partial charge in [-0.15, -0.1) is 11.3 Å². The van der Waals surface area contributed by atoms with E-state index < -0.39 is 5.97 Å². The third-order valence-corrected chi connectivity index (χ3v) is 10.0. The highest BCUT2D eigenvalue weighted by atomic mass is 32.1. The average molecular weight is 625 g/mol. The van der Waals surface area contributed by atoms with E-state index in [1.54, 1.807) is 23.5 Å². The van der Waals surface area contributed by atoms with Crippen molar-refractivity contribution < 1.29 is 19.4 Å². The van der Waals surface area contributed by atoms with E-state index in [0.717, 1.165) is 42.9 Å². The molecule has 0 saturated heterocycles. The number of allylic oxidation sites excluding steroid dienone is 6. The van der Waals surface area contributed by atoms with E-state index in [1.165, 1.54) is 27.4 Å². The lowest BCUT2D eigenvalue weighted by Crippen LogP contribution is -2.28. The molecule has 3 aromatic rings. The number of thiophene rings is 1. The molecule has 2 aliphatic heterocycles. The number of nitrogens with zero attached hydrogens (tertiary/aromatic N) is 3. The maximum absolute atomic E-state index is 11.5. The van der Waals surface area contributed by atoms with Crippen molar-refractivity contribution in [2.75, 3.05) is 18.0 Å². The van der Waals surface area contributed by atoms with Gasteiger partial charge in [-0.2, -0.15) is 4.58 Å². The van der Waals surface area contributed by atoms with Gasteiger partial charge in [0, 0.05) is 70.9 Å². The fourth-order valence-electron chi connectivity index (χ4n) is 6.71. The monoisotopic (exact) mass is 624 g/mol. The van der Waals surface area contributed by atoms with Crippen LogP contribution in [0.15, 0.2) is 90.0 Å². The summed E-state index contributed by atoms with van der Waals surface area (Å²) in [5.74, 6) is -0.742. The number of hydrogen-bond acceptors (Lipinski definition) is 5. The number of nitro groups is 1. The summed E-state index contributed by atoms with van der Waals surface area (Å²) < 4.78 is 2.40. The molecule has 2 aliphatic rings. The van der Waals surface area contributed by atoms with Crippen molar-refractivity contribution in [3.63, 3.8) is 0 Å². The van der Waals surface area contributed by atoms with Crippen molar-refractivity contribution in [2.24, 2.45) is 0 Å². The second-order valence-corrected chi connectivity index (χ2v) is 13.6. The van der Waals surface area contributed by atoms with Crippen LogP contribution >= 0.6 is 11.3 Å². The molecule has 3 heterocycles. The number of carbonyl (C=O) groups is 1. The highest BCUT2D eigenvalue weighted by Gasteiger charge is 2.44. The molecule has 0 bridgehead atoms. The number of aliphatic carboxylic acids is 1. The van der Waals surface area contributed by atoms with Crippen molar-refractivity contribution in [3.05, 3.63) is 111 Å². The Hall–Kier alpha value is -4.30.